The molecule has 2 aliphatic carbocycles. The van der Waals surface area contributed by atoms with Gasteiger partial charge in [0, 0.05) is 5.02 Å². The van der Waals surface area contributed by atoms with Gasteiger partial charge in [-0.2, -0.15) is 0 Å². The number of imide groups is 1. The van der Waals surface area contributed by atoms with Crippen LogP contribution in [0.5, 0.6) is 5.75 Å². The first-order chi connectivity index (χ1) is 14.3. The highest BCUT2D eigenvalue weighted by Gasteiger charge is 2.62. The highest BCUT2D eigenvalue weighted by atomic mass is 35.5. The molecule has 1 heterocycles. The fourth-order valence-electron chi connectivity index (χ4n) is 5.14. The van der Waals surface area contributed by atoms with Crippen molar-refractivity contribution in [3.63, 3.8) is 0 Å². The predicted molar refractivity (Wildman–Crippen MR) is 107 cm³/mol. The van der Waals surface area contributed by atoms with E-state index in [-0.39, 0.29) is 35.5 Å². The first-order valence-electron chi connectivity index (χ1n) is 9.98. The summed E-state index contributed by atoms with van der Waals surface area (Å²) in [6, 6.07) is 3.66. The average molecular weight is 435 g/mol. The SMILES string of the molecule is COc1ccc(Cl)cc1NC(=O)COC(=O)[C@H](C)N1C(=O)[C@H]2[C@@H]3CC[C@@H](C3)[C@@H]2C1=O. The van der Waals surface area contributed by atoms with Crippen LogP contribution in [0.1, 0.15) is 26.2 Å². The van der Waals surface area contributed by atoms with Gasteiger partial charge in [-0.25, -0.2) is 4.79 Å². The van der Waals surface area contributed by atoms with Crippen molar-refractivity contribution in [2.24, 2.45) is 23.7 Å². The normalized spacial score (nSPS) is 27.8. The first-order valence-corrected chi connectivity index (χ1v) is 10.4. The number of methoxy groups -OCH3 is 1. The second-order valence-electron chi connectivity index (χ2n) is 8.11. The van der Waals surface area contributed by atoms with Crippen molar-refractivity contribution in [3.8, 4) is 5.75 Å². The molecular formula is C21H23ClN2O6. The molecule has 0 spiro atoms. The Bertz CT molecular complexity index is 891. The maximum absolute atomic E-state index is 12.8. The largest absolute Gasteiger partial charge is 0.495 e. The van der Waals surface area contributed by atoms with Gasteiger partial charge < -0.3 is 14.8 Å². The number of hydrogen-bond donors (Lipinski definition) is 1. The number of esters is 1. The van der Waals surface area contributed by atoms with E-state index in [4.69, 9.17) is 21.1 Å². The van der Waals surface area contributed by atoms with Gasteiger partial charge in [-0.15, -0.1) is 0 Å². The molecule has 1 N–H and O–H groups in total. The average Bonchev–Trinajstić information content (AvgIpc) is 3.39. The molecular weight excluding hydrogens is 412 g/mol. The van der Waals surface area contributed by atoms with E-state index in [1.165, 1.54) is 20.1 Å². The quantitative estimate of drug-likeness (QED) is 0.544. The van der Waals surface area contributed by atoms with E-state index in [1.54, 1.807) is 12.1 Å². The second-order valence-corrected chi connectivity index (χ2v) is 8.54. The van der Waals surface area contributed by atoms with E-state index in [1.807, 2.05) is 0 Å². The van der Waals surface area contributed by atoms with Crippen LogP contribution in [-0.4, -0.2) is 48.3 Å². The van der Waals surface area contributed by atoms with Gasteiger partial charge >= 0.3 is 5.97 Å². The fourth-order valence-corrected chi connectivity index (χ4v) is 5.31. The maximum atomic E-state index is 12.8. The van der Waals surface area contributed by atoms with Gasteiger partial charge in [0.1, 0.15) is 11.8 Å². The van der Waals surface area contributed by atoms with Gasteiger partial charge in [-0.1, -0.05) is 11.6 Å². The second kappa shape index (κ2) is 7.91. The van der Waals surface area contributed by atoms with E-state index in [0.29, 0.717) is 16.5 Å². The number of hydrogen-bond acceptors (Lipinski definition) is 6. The lowest BCUT2D eigenvalue weighted by atomic mass is 9.81. The van der Waals surface area contributed by atoms with Crippen LogP contribution in [-0.2, 0) is 23.9 Å². The van der Waals surface area contributed by atoms with Crippen LogP contribution in [0.4, 0.5) is 5.69 Å². The molecule has 4 rings (SSSR count). The number of rotatable bonds is 6. The van der Waals surface area contributed by atoms with Crippen molar-refractivity contribution in [3.05, 3.63) is 23.2 Å². The van der Waals surface area contributed by atoms with Crippen LogP contribution in [0.15, 0.2) is 18.2 Å². The van der Waals surface area contributed by atoms with Crippen molar-refractivity contribution in [1.29, 1.82) is 0 Å². The Morgan fingerprint density at radius 2 is 1.83 bits per heavy atom. The molecule has 8 nitrogen and oxygen atoms in total. The van der Waals surface area contributed by atoms with Crippen molar-refractivity contribution >= 4 is 41.0 Å². The zero-order valence-corrected chi connectivity index (χ0v) is 17.5. The standard InChI is InChI=1S/C21H23ClN2O6/c1-10(24-19(26)17-11-3-4-12(7-11)18(17)20(24)27)21(28)30-9-16(25)23-14-8-13(22)5-6-15(14)29-2/h5-6,8,10-12,17-18H,3-4,7,9H2,1-2H3,(H,23,25)/t10-,11-,12+,17-,18-/m0/s1. The van der Waals surface area contributed by atoms with Gasteiger partial charge in [-0.3, -0.25) is 19.3 Å². The summed E-state index contributed by atoms with van der Waals surface area (Å²) in [7, 11) is 1.45. The van der Waals surface area contributed by atoms with E-state index in [9.17, 15) is 19.2 Å². The number of benzene rings is 1. The Morgan fingerprint density at radius 1 is 1.20 bits per heavy atom. The predicted octanol–water partition coefficient (Wildman–Crippen LogP) is 2.25. The summed E-state index contributed by atoms with van der Waals surface area (Å²) in [5.41, 5.74) is 0.340. The molecule has 1 aliphatic heterocycles. The molecule has 9 heteroatoms. The van der Waals surface area contributed by atoms with Crippen LogP contribution in [0.2, 0.25) is 5.02 Å². The summed E-state index contributed by atoms with van der Waals surface area (Å²) in [6.07, 6.45) is 2.85. The van der Waals surface area contributed by atoms with Crippen molar-refractivity contribution in [2.75, 3.05) is 19.0 Å². The number of amides is 3. The number of anilines is 1. The molecule has 1 saturated heterocycles. The van der Waals surface area contributed by atoms with E-state index < -0.39 is 24.5 Å². The third kappa shape index (κ3) is 3.43. The van der Waals surface area contributed by atoms with Gasteiger partial charge in [0.15, 0.2) is 6.61 Å². The van der Waals surface area contributed by atoms with Gasteiger partial charge in [0.25, 0.3) is 5.91 Å². The first kappa shape index (κ1) is 20.7. The molecule has 0 aromatic heterocycles. The minimum Gasteiger partial charge on any atom is -0.495 e. The summed E-state index contributed by atoms with van der Waals surface area (Å²) in [5, 5.41) is 2.97. The third-order valence-corrected chi connectivity index (χ3v) is 6.71. The summed E-state index contributed by atoms with van der Waals surface area (Å²) in [5.74, 6) is -1.67. The molecule has 0 unspecified atom stereocenters. The number of ether oxygens (including phenoxy) is 2. The zero-order valence-electron chi connectivity index (χ0n) is 16.7. The minimum absolute atomic E-state index is 0.239. The number of carbonyl (C=O) groups is 4. The Kier molecular flexibility index (Phi) is 5.44. The van der Waals surface area contributed by atoms with E-state index in [0.717, 1.165) is 24.2 Å². The Hall–Kier alpha value is -2.61. The van der Waals surface area contributed by atoms with Crippen LogP contribution in [0.3, 0.4) is 0 Å². The van der Waals surface area contributed by atoms with Gasteiger partial charge in [0.2, 0.25) is 11.8 Å². The van der Waals surface area contributed by atoms with Crippen LogP contribution in [0, 0.1) is 23.7 Å². The van der Waals surface area contributed by atoms with Gasteiger partial charge in [0.05, 0.1) is 24.6 Å². The maximum Gasteiger partial charge on any atom is 0.329 e. The van der Waals surface area contributed by atoms with Crippen molar-refractivity contribution < 1.29 is 28.7 Å². The third-order valence-electron chi connectivity index (χ3n) is 6.47. The highest BCUT2D eigenvalue weighted by molar-refractivity contribution is 6.31. The summed E-state index contributed by atoms with van der Waals surface area (Å²) in [4.78, 5) is 51.3. The van der Waals surface area contributed by atoms with E-state index >= 15 is 0 Å². The zero-order chi connectivity index (χ0) is 21.6. The molecule has 3 aliphatic rings. The summed E-state index contributed by atoms with van der Waals surface area (Å²) in [6.45, 7) is 0.895. The molecule has 30 heavy (non-hydrogen) atoms. The Labute approximate surface area is 178 Å². The lowest BCUT2D eigenvalue weighted by molar-refractivity contribution is -0.159. The number of fused-ring (bicyclic) bond motifs is 5. The molecule has 2 bridgehead atoms. The highest BCUT2D eigenvalue weighted by Crippen LogP contribution is 2.56. The Balaban J connectivity index is 1.35. The lowest BCUT2D eigenvalue weighted by Crippen LogP contribution is -2.45. The van der Waals surface area contributed by atoms with Crippen molar-refractivity contribution in [2.45, 2.75) is 32.2 Å². The number of likely N-dealkylation sites (tertiary alicyclic amines) is 1. The lowest BCUT2D eigenvalue weighted by Gasteiger charge is -2.23. The van der Waals surface area contributed by atoms with Gasteiger partial charge in [-0.05, 0) is 56.2 Å². The van der Waals surface area contributed by atoms with Crippen LogP contribution >= 0.6 is 11.6 Å². The monoisotopic (exact) mass is 434 g/mol. The van der Waals surface area contributed by atoms with Crippen LogP contribution < -0.4 is 10.1 Å². The molecule has 3 fully saturated rings. The molecule has 3 amide bonds. The molecule has 0 radical (unpaired) electrons. The molecule has 2 saturated carbocycles. The van der Waals surface area contributed by atoms with Crippen LogP contribution in [0.25, 0.3) is 0 Å². The molecule has 1 aromatic carbocycles. The fraction of sp³-hybridized carbons (Fsp3) is 0.524. The smallest absolute Gasteiger partial charge is 0.329 e. The van der Waals surface area contributed by atoms with Crippen molar-refractivity contribution in [1.82, 2.24) is 4.90 Å². The topological polar surface area (TPSA) is 102 Å². The number of nitrogens with zero attached hydrogens (tertiary/aromatic N) is 1. The number of carbonyl (C=O) groups excluding carboxylic acids is 4. The summed E-state index contributed by atoms with van der Waals surface area (Å²) >= 11 is 5.93. The number of halogens is 1. The minimum atomic E-state index is -1.07. The number of nitrogens with one attached hydrogen (secondary N) is 1. The van der Waals surface area contributed by atoms with E-state index in [2.05, 4.69) is 5.32 Å². The molecule has 1 aromatic rings. The molecule has 5 atom stereocenters. The Morgan fingerprint density at radius 3 is 2.43 bits per heavy atom. The summed E-state index contributed by atoms with van der Waals surface area (Å²) < 4.78 is 10.2. The molecule has 160 valence electrons.